The number of nitrogens with zero attached hydrogens (tertiary/aromatic N) is 4. The highest BCUT2D eigenvalue weighted by Gasteiger charge is 2.33. The first-order chi connectivity index (χ1) is 14.3. The second-order valence-electron chi connectivity index (χ2n) is 7.15. The molecule has 1 fully saturated rings. The summed E-state index contributed by atoms with van der Waals surface area (Å²) in [5, 5.41) is 5.73. The van der Waals surface area contributed by atoms with E-state index in [1.807, 2.05) is 24.0 Å². The predicted octanol–water partition coefficient (Wildman–Crippen LogP) is 1.95. The molecule has 1 aliphatic rings. The van der Waals surface area contributed by atoms with Crippen LogP contribution in [0.15, 0.2) is 52.2 Å². The first-order valence-corrected chi connectivity index (χ1v) is 10.9. The SMILES string of the molecule is Cc1nn(CN2CCN(S(=O)(=O)c3c(F)cccc3F)CC2)c(=O)c2ccccc12. The molecule has 7 nitrogen and oxygen atoms in total. The smallest absolute Gasteiger partial charge is 0.275 e. The van der Waals surface area contributed by atoms with Gasteiger partial charge in [-0.05, 0) is 25.1 Å². The quantitative estimate of drug-likeness (QED) is 0.628. The van der Waals surface area contributed by atoms with Crippen LogP contribution in [0.5, 0.6) is 0 Å². The molecule has 0 unspecified atom stereocenters. The molecule has 0 bridgehead atoms. The fourth-order valence-corrected chi connectivity index (χ4v) is 5.19. The average Bonchev–Trinajstić information content (AvgIpc) is 2.72. The van der Waals surface area contributed by atoms with E-state index in [-0.39, 0.29) is 25.3 Å². The molecular weight excluding hydrogens is 414 g/mol. The standard InChI is InChI=1S/C20H20F2N4O3S/c1-14-15-5-2-3-6-16(15)20(27)26(23-14)13-24-9-11-25(12-10-24)30(28,29)19-17(21)7-4-8-18(19)22/h2-8H,9-13H2,1H3. The lowest BCUT2D eigenvalue weighted by atomic mass is 10.1. The van der Waals surface area contributed by atoms with Gasteiger partial charge in [-0.15, -0.1) is 0 Å². The molecule has 0 N–H and O–H groups in total. The van der Waals surface area contributed by atoms with Crippen LogP contribution in [0.3, 0.4) is 0 Å². The molecule has 0 saturated carbocycles. The zero-order valence-electron chi connectivity index (χ0n) is 16.3. The van der Waals surface area contributed by atoms with Crippen LogP contribution in [0.1, 0.15) is 5.69 Å². The van der Waals surface area contributed by atoms with Gasteiger partial charge >= 0.3 is 0 Å². The van der Waals surface area contributed by atoms with Crippen molar-refractivity contribution in [3.63, 3.8) is 0 Å². The minimum Gasteiger partial charge on any atom is -0.282 e. The number of aryl methyl sites for hydroxylation is 1. The Balaban J connectivity index is 1.51. The third-order valence-electron chi connectivity index (χ3n) is 5.23. The maximum absolute atomic E-state index is 14.0. The number of fused-ring (bicyclic) bond motifs is 1. The maximum Gasteiger partial charge on any atom is 0.275 e. The van der Waals surface area contributed by atoms with Crippen molar-refractivity contribution in [2.24, 2.45) is 0 Å². The van der Waals surface area contributed by atoms with Gasteiger partial charge in [-0.1, -0.05) is 24.3 Å². The van der Waals surface area contributed by atoms with Crippen molar-refractivity contribution in [3.8, 4) is 0 Å². The highest BCUT2D eigenvalue weighted by Crippen LogP contribution is 2.23. The number of sulfonamides is 1. The van der Waals surface area contributed by atoms with Gasteiger partial charge in [0.1, 0.15) is 11.6 Å². The van der Waals surface area contributed by atoms with Gasteiger partial charge in [-0.25, -0.2) is 21.9 Å². The van der Waals surface area contributed by atoms with Crippen molar-refractivity contribution in [2.45, 2.75) is 18.5 Å². The van der Waals surface area contributed by atoms with Crippen molar-refractivity contribution in [3.05, 3.63) is 70.1 Å². The Kier molecular flexibility index (Phi) is 5.39. The van der Waals surface area contributed by atoms with E-state index >= 15 is 0 Å². The fraction of sp³-hybridized carbons (Fsp3) is 0.300. The highest BCUT2D eigenvalue weighted by molar-refractivity contribution is 7.89. The zero-order valence-corrected chi connectivity index (χ0v) is 17.1. The minimum atomic E-state index is -4.29. The highest BCUT2D eigenvalue weighted by atomic mass is 32.2. The Bertz CT molecular complexity index is 1250. The summed E-state index contributed by atoms with van der Waals surface area (Å²) in [7, 11) is -4.29. The molecule has 4 rings (SSSR count). The third kappa shape index (κ3) is 3.62. The van der Waals surface area contributed by atoms with Crippen LogP contribution >= 0.6 is 0 Å². The topological polar surface area (TPSA) is 75.5 Å². The molecule has 0 atom stereocenters. The molecule has 1 aliphatic heterocycles. The molecule has 2 aromatic carbocycles. The summed E-state index contributed by atoms with van der Waals surface area (Å²) in [6.07, 6.45) is 0. The molecule has 2 heterocycles. The Morgan fingerprint density at radius 1 is 0.933 bits per heavy atom. The van der Waals surface area contributed by atoms with Crippen molar-refractivity contribution in [1.29, 1.82) is 0 Å². The van der Waals surface area contributed by atoms with Gasteiger partial charge in [0.15, 0.2) is 4.90 Å². The average molecular weight is 434 g/mol. The molecule has 0 amide bonds. The largest absolute Gasteiger partial charge is 0.282 e. The fourth-order valence-electron chi connectivity index (χ4n) is 3.66. The van der Waals surface area contributed by atoms with Gasteiger partial charge < -0.3 is 0 Å². The van der Waals surface area contributed by atoms with Crippen LogP contribution in [-0.4, -0.2) is 53.6 Å². The van der Waals surface area contributed by atoms with E-state index in [1.54, 1.807) is 12.1 Å². The van der Waals surface area contributed by atoms with Crippen molar-refractivity contribution >= 4 is 20.8 Å². The molecule has 1 aromatic heterocycles. The molecule has 10 heteroatoms. The van der Waals surface area contributed by atoms with Crippen LogP contribution in [0.2, 0.25) is 0 Å². The summed E-state index contributed by atoms with van der Waals surface area (Å²) < 4.78 is 55.8. The normalized spacial score (nSPS) is 16.2. The second kappa shape index (κ2) is 7.86. The van der Waals surface area contributed by atoms with Crippen molar-refractivity contribution in [2.75, 3.05) is 26.2 Å². The Morgan fingerprint density at radius 3 is 2.17 bits per heavy atom. The molecule has 30 heavy (non-hydrogen) atoms. The van der Waals surface area contributed by atoms with Gasteiger partial charge in [0.05, 0.1) is 17.7 Å². The van der Waals surface area contributed by atoms with E-state index in [4.69, 9.17) is 0 Å². The van der Waals surface area contributed by atoms with Crippen LogP contribution in [0.25, 0.3) is 10.8 Å². The third-order valence-corrected chi connectivity index (χ3v) is 7.19. The maximum atomic E-state index is 14.0. The number of hydrogen-bond acceptors (Lipinski definition) is 5. The van der Waals surface area contributed by atoms with Crippen molar-refractivity contribution < 1.29 is 17.2 Å². The van der Waals surface area contributed by atoms with Crippen LogP contribution in [0, 0.1) is 18.6 Å². The van der Waals surface area contributed by atoms with E-state index < -0.39 is 26.6 Å². The Morgan fingerprint density at radius 2 is 1.53 bits per heavy atom. The Hall–Kier alpha value is -2.69. The monoisotopic (exact) mass is 434 g/mol. The van der Waals surface area contributed by atoms with Gasteiger partial charge in [-0.3, -0.25) is 9.69 Å². The Labute approximate surface area is 172 Å². The molecule has 0 aliphatic carbocycles. The summed E-state index contributed by atoms with van der Waals surface area (Å²) in [6, 6.07) is 10.2. The summed E-state index contributed by atoms with van der Waals surface area (Å²) in [6.45, 7) is 2.73. The van der Waals surface area contributed by atoms with Crippen molar-refractivity contribution in [1.82, 2.24) is 19.0 Å². The molecule has 0 radical (unpaired) electrons. The zero-order chi connectivity index (χ0) is 21.5. The number of hydrogen-bond donors (Lipinski definition) is 0. The van der Waals surface area contributed by atoms with Crippen LogP contribution in [-0.2, 0) is 16.7 Å². The summed E-state index contributed by atoms with van der Waals surface area (Å²) in [5.41, 5.74) is 0.501. The molecular formula is C20H20F2N4O3S. The van der Waals surface area contributed by atoms with Crippen LogP contribution < -0.4 is 5.56 Å². The number of aromatic nitrogens is 2. The number of halogens is 2. The predicted molar refractivity (Wildman–Crippen MR) is 107 cm³/mol. The van der Waals surface area contributed by atoms with E-state index in [0.29, 0.717) is 18.5 Å². The first kappa shape index (κ1) is 20.6. The number of benzene rings is 2. The lowest BCUT2D eigenvalue weighted by Crippen LogP contribution is -2.50. The van der Waals surface area contributed by atoms with E-state index in [2.05, 4.69) is 5.10 Å². The lowest BCUT2D eigenvalue weighted by molar-refractivity contribution is 0.142. The molecule has 1 saturated heterocycles. The first-order valence-electron chi connectivity index (χ1n) is 9.42. The summed E-state index contributed by atoms with van der Waals surface area (Å²) in [4.78, 5) is 13.7. The minimum absolute atomic E-state index is 0.0530. The molecule has 3 aromatic rings. The van der Waals surface area contributed by atoms with E-state index in [1.165, 1.54) is 4.68 Å². The summed E-state index contributed by atoms with van der Waals surface area (Å²) >= 11 is 0. The van der Waals surface area contributed by atoms with Gasteiger partial charge in [0, 0.05) is 31.6 Å². The van der Waals surface area contributed by atoms with E-state index in [9.17, 15) is 22.0 Å². The molecule has 0 spiro atoms. The second-order valence-corrected chi connectivity index (χ2v) is 9.02. The van der Waals surface area contributed by atoms with E-state index in [0.717, 1.165) is 33.6 Å². The number of rotatable bonds is 4. The van der Waals surface area contributed by atoms with Gasteiger partial charge in [0.25, 0.3) is 5.56 Å². The summed E-state index contributed by atoms with van der Waals surface area (Å²) in [5.74, 6) is -2.22. The van der Waals surface area contributed by atoms with Crippen LogP contribution in [0.4, 0.5) is 8.78 Å². The molecule has 158 valence electrons. The van der Waals surface area contributed by atoms with Gasteiger partial charge in [0.2, 0.25) is 10.0 Å². The van der Waals surface area contributed by atoms with Gasteiger partial charge in [-0.2, -0.15) is 9.40 Å². The lowest BCUT2D eigenvalue weighted by Gasteiger charge is -2.34. The number of piperazine rings is 1.